The van der Waals surface area contributed by atoms with Crippen LogP contribution in [-0.4, -0.2) is 33.0 Å². The van der Waals surface area contributed by atoms with Crippen molar-refractivity contribution in [2.45, 2.75) is 45.3 Å². The van der Waals surface area contributed by atoms with Crippen LogP contribution in [0.5, 0.6) is 0 Å². The van der Waals surface area contributed by atoms with E-state index in [9.17, 15) is 18.4 Å². The SMILES string of the molecule is CCC(C(C=NC(C)C)=CN)c1[nH]c(C(=N)N)c(-c2cnc(C(F)(F)F)nc2)c1C#N. The smallest absolute Gasteiger partial charge is 0.404 e. The van der Waals surface area contributed by atoms with E-state index in [1.807, 2.05) is 20.8 Å². The minimum Gasteiger partial charge on any atom is -0.404 e. The lowest BCUT2D eigenvalue weighted by molar-refractivity contribution is -0.144. The van der Waals surface area contributed by atoms with Crippen LogP contribution in [0.25, 0.3) is 11.1 Å². The summed E-state index contributed by atoms with van der Waals surface area (Å²) < 4.78 is 38.5. The molecule has 0 aromatic carbocycles. The number of aliphatic imine (C=N–C) groups is 1. The van der Waals surface area contributed by atoms with Crippen molar-refractivity contribution in [3.63, 3.8) is 0 Å². The first kappa shape index (κ1) is 23.6. The predicted molar refractivity (Wildman–Crippen MR) is 111 cm³/mol. The molecule has 2 aromatic rings. The maximum Gasteiger partial charge on any atom is 0.451 e. The number of allylic oxidation sites excluding steroid dienone is 1. The number of aromatic nitrogens is 3. The minimum absolute atomic E-state index is 0.0270. The van der Waals surface area contributed by atoms with Crippen molar-refractivity contribution in [2.75, 3.05) is 0 Å². The second-order valence-electron chi connectivity index (χ2n) is 6.98. The zero-order chi connectivity index (χ0) is 23.3. The predicted octanol–water partition coefficient (Wildman–Crippen LogP) is 3.46. The molecule has 0 fully saturated rings. The van der Waals surface area contributed by atoms with Gasteiger partial charge in [-0.2, -0.15) is 18.4 Å². The van der Waals surface area contributed by atoms with E-state index in [1.165, 1.54) is 6.20 Å². The number of alkyl halides is 3. The molecule has 2 aromatic heterocycles. The van der Waals surface area contributed by atoms with Crippen LogP contribution < -0.4 is 11.5 Å². The summed E-state index contributed by atoms with van der Waals surface area (Å²) >= 11 is 0. The van der Waals surface area contributed by atoms with Crippen LogP contribution in [0, 0.1) is 16.7 Å². The summed E-state index contributed by atoms with van der Waals surface area (Å²) in [6.45, 7) is 5.68. The quantitative estimate of drug-likeness (QED) is 0.390. The standard InChI is InChI=1S/C20H23F3N8/c1-4-13(11(5-24)7-28-10(2)3)16-14(6-25)15(17(31-16)18(26)27)12-8-29-19(30-9-12)20(21,22)23/h5,7-10,13,31H,4,24H2,1-3H3,(H3,26,27). The van der Waals surface area contributed by atoms with E-state index in [1.54, 1.807) is 6.21 Å². The Morgan fingerprint density at radius 2 is 1.97 bits per heavy atom. The number of halogens is 3. The number of hydrogen-bond acceptors (Lipinski definition) is 6. The van der Waals surface area contributed by atoms with Crippen LogP contribution in [0.4, 0.5) is 13.2 Å². The molecule has 164 valence electrons. The zero-order valence-corrected chi connectivity index (χ0v) is 17.2. The number of H-pyrrole nitrogens is 1. The lowest BCUT2D eigenvalue weighted by Gasteiger charge is -2.15. The third kappa shape index (κ3) is 5.09. The van der Waals surface area contributed by atoms with Gasteiger partial charge >= 0.3 is 6.18 Å². The molecule has 0 spiro atoms. The number of hydrogen-bond donors (Lipinski definition) is 4. The summed E-state index contributed by atoms with van der Waals surface area (Å²) in [5.41, 5.74) is 13.1. The number of nitrogens with one attached hydrogen (secondary N) is 2. The zero-order valence-electron chi connectivity index (χ0n) is 17.2. The number of amidine groups is 1. The van der Waals surface area contributed by atoms with Crippen LogP contribution in [0.15, 0.2) is 29.2 Å². The Kier molecular flexibility index (Phi) is 7.17. The Morgan fingerprint density at radius 1 is 1.35 bits per heavy atom. The average Bonchev–Trinajstić information content (AvgIpc) is 3.09. The molecule has 0 aliphatic heterocycles. The van der Waals surface area contributed by atoms with Gasteiger partial charge in [0.1, 0.15) is 11.9 Å². The number of rotatable bonds is 7. The molecule has 1 unspecified atom stereocenters. The van der Waals surface area contributed by atoms with Crippen molar-refractivity contribution in [2.24, 2.45) is 16.5 Å². The molecule has 0 aliphatic rings. The van der Waals surface area contributed by atoms with Gasteiger partial charge in [-0.25, -0.2) is 9.97 Å². The Hall–Kier alpha value is -3.68. The summed E-state index contributed by atoms with van der Waals surface area (Å²) in [5, 5.41) is 17.8. The maximum atomic E-state index is 12.8. The molecule has 31 heavy (non-hydrogen) atoms. The summed E-state index contributed by atoms with van der Waals surface area (Å²) in [7, 11) is 0. The fourth-order valence-electron chi connectivity index (χ4n) is 3.08. The van der Waals surface area contributed by atoms with Crippen molar-refractivity contribution in [3.05, 3.63) is 46.9 Å². The first-order valence-corrected chi connectivity index (χ1v) is 9.39. The topological polar surface area (TPSA) is 154 Å². The van der Waals surface area contributed by atoms with Gasteiger partial charge < -0.3 is 16.5 Å². The van der Waals surface area contributed by atoms with Gasteiger partial charge in [0, 0.05) is 47.4 Å². The number of nitrogens with two attached hydrogens (primary N) is 2. The summed E-state index contributed by atoms with van der Waals surface area (Å²) in [6.07, 6.45) is 0.745. The van der Waals surface area contributed by atoms with Gasteiger partial charge in [-0.05, 0) is 32.0 Å². The van der Waals surface area contributed by atoms with Gasteiger partial charge in [0.2, 0.25) is 5.82 Å². The highest BCUT2D eigenvalue weighted by Crippen LogP contribution is 2.37. The number of nitriles is 1. The highest BCUT2D eigenvalue weighted by Gasteiger charge is 2.35. The minimum atomic E-state index is -4.70. The van der Waals surface area contributed by atoms with Gasteiger partial charge in [0.15, 0.2) is 0 Å². The van der Waals surface area contributed by atoms with E-state index in [2.05, 4.69) is 26.0 Å². The highest BCUT2D eigenvalue weighted by atomic mass is 19.4. The summed E-state index contributed by atoms with van der Waals surface area (Å²) in [6, 6.07) is 2.09. The Balaban J connectivity index is 2.70. The van der Waals surface area contributed by atoms with Gasteiger partial charge in [-0.15, -0.1) is 0 Å². The number of nitrogen functional groups attached to an aromatic ring is 1. The first-order valence-electron chi connectivity index (χ1n) is 9.39. The Bertz CT molecular complexity index is 1040. The van der Waals surface area contributed by atoms with E-state index in [4.69, 9.17) is 16.9 Å². The highest BCUT2D eigenvalue weighted by molar-refractivity contribution is 6.02. The van der Waals surface area contributed by atoms with Crippen molar-refractivity contribution >= 4 is 12.1 Å². The normalized spacial score (nSPS) is 13.5. The van der Waals surface area contributed by atoms with Crippen LogP contribution in [0.3, 0.4) is 0 Å². The third-order valence-electron chi connectivity index (χ3n) is 4.48. The largest absolute Gasteiger partial charge is 0.451 e. The van der Waals surface area contributed by atoms with E-state index in [0.29, 0.717) is 17.7 Å². The van der Waals surface area contributed by atoms with Crippen LogP contribution in [0.1, 0.15) is 55.9 Å². The molecule has 0 bridgehead atoms. The van der Waals surface area contributed by atoms with Gasteiger partial charge in [0.05, 0.1) is 11.3 Å². The molecule has 0 radical (unpaired) electrons. The fourth-order valence-corrected chi connectivity index (χ4v) is 3.08. The maximum absolute atomic E-state index is 12.8. The van der Waals surface area contributed by atoms with Crippen molar-refractivity contribution in [3.8, 4) is 17.2 Å². The van der Waals surface area contributed by atoms with Crippen molar-refractivity contribution in [1.29, 1.82) is 10.7 Å². The molecule has 11 heteroatoms. The fraction of sp³-hybridized carbons (Fsp3) is 0.350. The first-order chi connectivity index (χ1) is 14.5. The molecule has 0 saturated carbocycles. The lowest BCUT2D eigenvalue weighted by Crippen LogP contribution is -2.14. The van der Waals surface area contributed by atoms with E-state index in [0.717, 1.165) is 12.4 Å². The van der Waals surface area contributed by atoms with E-state index < -0.39 is 12.0 Å². The summed E-state index contributed by atoms with van der Waals surface area (Å²) in [4.78, 5) is 14.0. The van der Waals surface area contributed by atoms with Gasteiger partial charge in [-0.3, -0.25) is 10.4 Å². The molecular weight excluding hydrogens is 409 g/mol. The Morgan fingerprint density at radius 3 is 2.39 bits per heavy atom. The third-order valence-corrected chi connectivity index (χ3v) is 4.48. The van der Waals surface area contributed by atoms with Gasteiger partial charge in [0.25, 0.3) is 0 Å². The number of nitrogens with zero attached hydrogens (tertiary/aromatic N) is 4. The van der Waals surface area contributed by atoms with E-state index in [-0.39, 0.29) is 40.2 Å². The van der Waals surface area contributed by atoms with Crippen LogP contribution in [0.2, 0.25) is 0 Å². The molecule has 0 saturated heterocycles. The van der Waals surface area contributed by atoms with Crippen molar-refractivity contribution < 1.29 is 13.2 Å². The summed E-state index contributed by atoms with van der Waals surface area (Å²) in [5.74, 6) is -2.08. The molecule has 0 aliphatic carbocycles. The molecule has 6 N–H and O–H groups in total. The second-order valence-corrected chi connectivity index (χ2v) is 6.98. The monoisotopic (exact) mass is 432 g/mol. The van der Waals surface area contributed by atoms with Crippen LogP contribution in [-0.2, 0) is 6.18 Å². The lowest BCUT2D eigenvalue weighted by atomic mass is 9.90. The molecule has 2 heterocycles. The van der Waals surface area contributed by atoms with E-state index >= 15 is 0 Å². The Labute approximate surface area is 177 Å². The number of aromatic amines is 1. The molecule has 2 rings (SSSR count). The molecule has 1 atom stereocenters. The van der Waals surface area contributed by atoms with Gasteiger partial charge in [-0.1, -0.05) is 6.92 Å². The molecule has 8 nitrogen and oxygen atoms in total. The van der Waals surface area contributed by atoms with Crippen LogP contribution >= 0.6 is 0 Å². The van der Waals surface area contributed by atoms with Crippen molar-refractivity contribution in [1.82, 2.24) is 15.0 Å². The molecular formula is C20H23F3N8. The second kappa shape index (κ2) is 9.42. The average molecular weight is 432 g/mol. The molecule has 0 amide bonds.